The predicted molar refractivity (Wildman–Crippen MR) is 113 cm³/mol. The summed E-state index contributed by atoms with van der Waals surface area (Å²) in [4.78, 5) is 17.0. The molecule has 0 spiro atoms. The lowest BCUT2D eigenvalue weighted by Gasteiger charge is -2.02. The average Bonchev–Trinajstić information content (AvgIpc) is 3.35. The highest BCUT2D eigenvalue weighted by Crippen LogP contribution is 2.11. The molecule has 144 valence electrons. The Labute approximate surface area is 168 Å². The van der Waals surface area contributed by atoms with Crippen LogP contribution in [0.4, 0.5) is 0 Å². The number of hydrogen-bond donors (Lipinski definition) is 3. The van der Waals surface area contributed by atoms with E-state index in [1.54, 1.807) is 11.3 Å². The summed E-state index contributed by atoms with van der Waals surface area (Å²) in [5.41, 5.74) is 4.28. The molecule has 3 aromatic heterocycles. The molecule has 0 unspecified atom stereocenters. The lowest BCUT2D eigenvalue weighted by Crippen LogP contribution is -2.20. The zero-order valence-electron chi connectivity index (χ0n) is 15.7. The normalized spacial score (nSPS) is 11.3. The van der Waals surface area contributed by atoms with Crippen LogP contribution in [-0.2, 0) is 25.9 Å². The zero-order chi connectivity index (χ0) is 19.0. The number of aromatic nitrogens is 4. The van der Waals surface area contributed by atoms with Gasteiger partial charge in [-0.2, -0.15) is 0 Å². The Morgan fingerprint density at radius 3 is 2.61 bits per heavy atom. The van der Waals surface area contributed by atoms with Crippen LogP contribution >= 0.6 is 11.3 Å². The molecule has 0 radical (unpaired) electrons. The van der Waals surface area contributed by atoms with E-state index in [2.05, 4.69) is 37.0 Å². The Hall–Kier alpha value is -2.61. The number of aromatic amines is 1. The molecule has 0 aliphatic heterocycles. The van der Waals surface area contributed by atoms with E-state index in [0.717, 1.165) is 67.3 Å². The Kier molecular flexibility index (Phi) is 6.39. The highest BCUT2D eigenvalue weighted by Gasteiger charge is 2.04. The van der Waals surface area contributed by atoms with Gasteiger partial charge in [-0.05, 0) is 24.3 Å². The Morgan fingerprint density at radius 2 is 1.71 bits per heavy atom. The topological polar surface area (TPSA) is 78.5 Å². The summed E-state index contributed by atoms with van der Waals surface area (Å²) in [6.07, 6.45) is 3.67. The third-order valence-electron chi connectivity index (χ3n) is 4.43. The van der Waals surface area contributed by atoms with E-state index in [4.69, 9.17) is 4.98 Å². The first kappa shape index (κ1) is 18.7. The second kappa shape index (κ2) is 9.54. The number of imidazole rings is 1. The number of benzene rings is 1. The van der Waals surface area contributed by atoms with Gasteiger partial charge in [-0.3, -0.25) is 4.98 Å². The first-order valence-electron chi connectivity index (χ1n) is 9.55. The van der Waals surface area contributed by atoms with Crippen LogP contribution in [0.15, 0.2) is 54.0 Å². The summed E-state index contributed by atoms with van der Waals surface area (Å²) in [5, 5.41) is 10.2. The number of thiazole rings is 1. The van der Waals surface area contributed by atoms with Crippen molar-refractivity contribution in [1.82, 2.24) is 30.6 Å². The van der Waals surface area contributed by atoms with Crippen LogP contribution in [0.2, 0.25) is 0 Å². The molecular weight excluding hydrogens is 368 g/mol. The van der Waals surface area contributed by atoms with Crippen molar-refractivity contribution in [2.45, 2.75) is 25.9 Å². The highest BCUT2D eigenvalue weighted by molar-refractivity contribution is 7.09. The molecule has 1 aromatic carbocycles. The molecule has 0 atom stereocenters. The maximum absolute atomic E-state index is 4.70. The molecule has 0 saturated carbocycles. The largest absolute Gasteiger partial charge is 0.342 e. The molecule has 4 rings (SSSR count). The molecule has 0 aliphatic rings. The van der Waals surface area contributed by atoms with Crippen molar-refractivity contribution in [3.05, 3.63) is 76.3 Å². The first-order valence-corrected chi connectivity index (χ1v) is 10.4. The molecule has 6 nitrogen and oxygen atoms in total. The molecule has 0 bridgehead atoms. The van der Waals surface area contributed by atoms with Gasteiger partial charge in [-0.15, -0.1) is 11.3 Å². The van der Waals surface area contributed by atoms with Crippen LogP contribution in [-0.4, -0.2) is 33.0 Å². The Balaban J connectivity index is 1.13. The number of rotatable bonds is 10. The minimum absolute atomic E-state index is 0.761. The van der Waals surface area contributed by atoms with Gasteiger partial charge >= 0.3 is 0 Å². The highest BCUT2D eigenvalue weighted by atomic mass is 32.1. The maximum atomic E-state index is 4.70. The summed E-state index contributed by atoms with van der Waals surface area (Å²) in [7, 11) is 0. The van der Waals surface area contributed by atoms with Gasteiger partial charge in [-0.1, -0.05) is 18.2 Å². The van der Waals surface area contributed by atoms with Gasteiger partial charge in [0.2, 0.25) is 0 Å². The van der Waals surface area contributed by atoms with E-state index in [0.29, 0.717) is 0 Å². The van der Waals surface area contributed by atoms with Crippen LogP contribution in [0.25, 0.3) is 11.0 Å². The number of H-pyrrole nitrogens is 1. The molecule has 3 N–H and O–H groups in total. The van der Waals surface area contributed by atoms with E-state index < -0.39 is 0 Å². The van der Waals surface area contributed by atoms with Crippen molar-refractivity contribution < 1.29 is 0 Å². The van der Waals surface area contributed by atoms with Crippen molar-refractivity contribution in [3.8, 4) is 0 Å². The fraction of sp³-hybridized carbons (Fsp3) is 0.286. The second-order valence-corrected chi connectivity index (χ2v) is 7.55. The van der Waals surface area contributed by atoms with Gasteiger partial charge in [0.1, 0.15) is 5.82 Å². The SMILES string of the molecule is c1ccc(CNCc2csc(CCNCCc3nc4ccccc4[nH]3)n2)nc1. The van der Waals surface area contributed by atoms with Crippen molar-refractivity contribution in [1.29, 1.82) is 0 Å². The van der Waals surface area contributed by atoms with E-state index in [9.17, 15) is 0 Å². The third-order valence-corrected chi connectivity index (χ3v) is 5.39. The van der Waals surface area contributed by atoms with Gasteiger partial charge < -0.3 is 15.6 Å². The van der Waals surface area contributed by atoms with E-state index in [-0.39, 0.29) is 0 Å². The molecule has 0 amide bonds. The number of nitrogens with zero attached hydrogens (tertiary/aromatic N) is 3. The van der Waals surface area contributed by atoms with Crippen LogP contribution in [0.3, 0.4) is 0 Å². The van der Waals surface area contributed by atoms with Crippen molar-refractivity contribution in [2.75, 3.05) is 13.1 Å². The van der Waals surface area contributed by atoms with Crippen LogP contribution in [0, 0.1) is 0 Å². The van der Waals surface area contributed by atoms with Gasteiger partial charge in [0.15, 0.2) is 0 Å². The van der Waals surface area contributed by atoms with Crippen LogP contribution in [0.1, 0.15) is 22.2 Å². The minimum atomic E-state index is 0.761. The molecule has 0 saturated heterocycles. The first-order chi connectivity index (χ1) is 13.9. The van der Waals surface area contributed by atoms with E-state index >= 15 is 0 Å². The fourth-order valence-corrected chi connectivity index (χ4v) is 3.82. The monoisotopic (exact) mass is 392 g/mol. The van der Waals surface area contributed by atoms with Crippen LogP contribution < -0.4 is 10.6 Å². The summed E-state index contributed by atoms with van der Waals surface area (Å²) >= 11 is 1.73. The lowest BCUT2D eigenvalue weighted by molar-refractivity contribution is 0.657. The smallest absolute Gasteiger partial charge is 0.108 e. The number of pyridine rings is 1. The summed E-state index contributed by atoms with van der Waals surface area (Å²) in [6, 6.07) is 14.1. The van der Waals surface area contributed by atoms with Crippen molar-refractivity contribution in [3.63, 3.8) is 0 Å². The van der Waals surface area contributed by atoms with Gasteiger partial charge in [-0.25, -0.2) is 9.97 Å². The maximum Gasteiger partial charge on any atom is 0.108 e. The molecular formula is C21H24N6S. The van der Waals surface area contributed by atoms with E-state index in [1.165, 1.54) is 5.01 Å². The minimum Gasteiger partial charge on any atom is -0.342 e. The van der Waals surface area contributed by atoms with Crippen LogP contribution in [0.5, 0.6) is 0 Å². The molecule has 4 aromatic rings. The molecule has 0 fully saturated rings. The molecule has 28 heavy (non-hydrogen) atoms. The second-order valence-electron chi connectivity index (χ2n) is 6.61. The predicted octanol–water partition coefficient (Wildman–Crippen LogP) is 3.08. The lowest BCUT2D eigenvalue weighted by atomic mass is 10.3. The van der Waals surface area contributed by atoms with Crippen molar-refractivity contribution >= 4 is 22.4 Å². The summed E-state index contributed by atoms with van der Waals surface area (Å²) in [5.74, 6) is 1.03. The third kappa shape index (κ3) is 5.22. The summed E-state index contributed by atoms with van der Waals surface area (Å²) in [6.45, 7) is 3.36. The number of para-hydroxylation sites is 2. The summed E-state index contributed by atoms with van der Waals surface area (Å²) < 4.78 is 0. The standard InChI is InChI=1S/C21H24N6S/c1-2-7-19-18(6-1)26-20(27-19)8-11-22-12-9-21-25-17(15-28-21)14-23-13-16-5-3-4-10-24-16/h1-7,10,15,22-23H,8-9,11-14H2,(H,26,27). The fourth-order valence-electron chi connectivity index (χ4n) is 3.02. The zero-order valence-corrected chi connectivity index (χ0v) is 16.5. The van der Waals surface area contributed by atoms with E-state index in [1.807, 2.05) is 42.6 Å². The Bertz CT molecular complexity index is 961. The average molecular weight is 393 g/mol. The molecule has 7 heteroatoms. The number of fused-ring (bicyclic) bond motifs is 1. The molecule has 3 heterocycles. The molecule has 0 aliphatic carbocycles. The van der Waals surface area contributed by atoms with Crippen molar-refractivity contribution in [2.24, 2.45) is 0 Å². The quantitative estimate of drug-likeness (QED) is 0.362. The Morgan fingerprint density at radius 1 is 0.857 bits per heavy atom. The number of nitrogens with one attached hydrogen (secondary N) is 3. The van der Waals surface area contributed by atoms with Gasteiger partial charge in [0.25, 0.3) is 0 Å². The van der Waals surface area contributed by atoms with Gasteiger partial charge in [0, 0.05) is 50.6 Å². The number of hydrogen-bond acceptors (Lipinski definition) is 6. The van der Waals surface area contributed by atoms with Gasteiger partial charge in [0.05, 0.1) is 27.4 Å².